The minimum Gasteiger partial charge on any atom is -0.338 e. The summed E-state index contributed by atoms with van der Waals surface area (Å²) < 4.78 is 0.906. The molecule has 0 bridgehead atoms. The van der Waals surface area contributed by atoms with Crippen LogP contribution >= 0.6 is 15.9 Å². The van der Waals surface area contributed by atoms with Crippen molar-refractivity contribution < 1.29 is 9.59 Å². The van der Waals surface area contributed by atoms with Crippen LogP contribution in [-0.2, 0) is 16.1 Å². The van der Waals surface area contributed by atoms with Gasteiger partial charge in [0, 0.05) is 29.7 Å². The average molecular weight is 387 g/mol. The summed E-state index contributed by atoms with van der Waals surface area (Å²) in [5.74, 6) is -0.375. The molecule has 1 fully saturated rings. The lowest BCUT2D eigenvalue weighted by atomic mass is 10.1. The average Bonchev–Trinajstić information content (AvgIpc) is 2.88. The summed E-state index contributed by atoms with van der Waals surface area (Å²) in [6.07, 6.45) is 0.269. The first-order valence-electron chi connectivity index (χ1n) is 7.91. The fourth-order valence-electron chi connectivity index (χ4n) is 2.94. The Hall–Kier alpha value is -2.14. The third-order valence-electron chi connectivity index (χ3n) is 4.13. The number of hydrogen-bond acceptors (Lipinski definition) is 2. The number of anilines is 1. The predicted octanol–water partition coefficient (Wildman–Crippen LogP) is 3.74. The van der Waals surface area contributed by atoms with Gasteiger partial charge in [0.2, 0.25) is 11.8 Å². The van der Waals surface area contributed by atoms with Crippen LogP contribution in [0.5, 0.6) is 0 Å². The van der Waals surface area contributed by atoms with Gasteiger partial charge in [-0.3, -0.25) is 9.59 Å². The Morgan fingerprint density at radius 1 is 1.25 bits per heavy atom. The van der Waals surface area contributed by atoms with E-state index in [1.807, 2.05) is 49.4 Å². The van der Waals surface area contributed by atoms with Crippen molar-refractivity contribution in [1.29, 1.82) is 0 Å². The molecule has 3 rings (SSSR count). The first-order chi connectivity index (χ1) is 11.5. The molecule has 0 saturated carbocycles. The molecule has 5 heteroatoms. The number of carbonyl (C=O) groups is 2. The van der Waals surface area contributed by atoms with E-state index in [1.54, 1.807) is 4.90 Å². The second kappa shape index (κ2) is 7.18. The number of hydrogen-bond donors (Lipinski definition) is 1. The summed E-state index contributed by atoms with van der Waals surface area (Å²) in [7, 11) is 0. The molecule has 124 valence electrons. The topological polar surface area (TPSA) is 49.4 Å². The lowest BCUT2D eigenvalue weighted by molar-refractivity contribution is -0.128. The number of rotatable bonds is 4. The molecule has 2 aromatic rings. The number of aryl methyl sites for hydroxylation is 1. The van der Waals surface area contributed by atoms with Crippen molar-refractivity contribution in [2.45, 2.75) is 19.9 Å². The summed E-state index contributed by atoms with van der Waals surface area (Å²) in [6, 6.07) is 15.6. The van der Waals surface area contributed by atoms with E-state index in [2.05, 4.69) is 27.3 Å². The molecule has 1 unspecified atom stereocenters. The molecule has 1 aliphatic heterocycles. The molecule has 2 amide bonds. The van der Waals surface area contributed by atoms with Gasteiger partial charge in [-0.2, -0.15) is 0 Å². The van der Waals surface area contributed by atoms with Crippen LogP contribution < -0.4 is 5.32 Å². The lowest BCUT2D eigenvalue weighted by Crippen LogP contribution is -2.28. The van der Waals surface area contributed by atoms with Crippen molar-refractivity contribution in [3.05, 3.63) is 64.1 Å². The van der Waals surface area contributed by atoms with E-state index in [0.29, 0.717) is 13.1 Å². The van der Waals surface area contributed by atoms with Gasteiger partial charge >= 0.3 is 0 Å². The highest BCUT2D eigenvalue weighted by Crippen LogP contribution is 2.23. The molecule has 0 radical (unpaired) electrons. The number of likely N-dealkylation sites (tertiary alicyclic amines) is 1. The smallest absolute Gasteiger partial charge is 0.229 e. The number of amides is 2. The fraction of sp³-hybridized carbons (Fsp3) is 0.263. The maximum Gasteiger partial charge on any atom is 0.229 e. The predicted molar refractivity (Wildman–Crippen MR) is 97.5 cm³/mol. The third kappa shape index (κ3) is 4.03. The maximum absolute atomic E-state index is 12.4. The zero-order chi connectivity index (χ0) is 17.1. The fourth-order valence-corrected chi connectivity index (χ4v) is 3.34. The van der Waals surface area contributed by atoms with Gasteiger partial charge < -0.3 is 10.2 Å². The van der Waals surface area contributed by atoms with E-state index in [1.165, 1.54) is 5.56 Å². The summed E-state index contributed by atoms with van der Waals surface area (Å²) in [6.45, 7) is 3.05. The van der Waals surface area contributed by atoms with Gasteiger partial charge in [-0.1, -0.05) is 51.8 Å². The monoisotopic (exact) mass is 386 g/mol. The Morgan fingerprint density at radius 2 is 2.04 bits per heavy atom. The van der Waals surface area contributed by atoms with Gasteiger partial charge in [-0.05, 0) is 30.7 Å². The van der Waals surface area contributed by atoms with Crippen molar-refractivity contribution in [2.75, 3.05) is 11.9 Å². The van der Waals surface area contributed by atoms with E-state index in [0.717, 1.165) is 15.7 Å². The van der Waals surface area contributed by atoms with E-state index in [9.17, 15) is 9.59 Å². The lowest BCUT2D eigenvalue weighted by Gasteiger charge is -2.17. The molecule has 0 spiro atoms. The number of benzene rings is 2. The van der Waals surface area contributed by atoms with Gasteiger partial charge in [0.1, 0.15) is 0 Å². The highest BCUT2D eigenvalue weighted by atomic mass is 79.9. The summed E-state index contributed by atoms with van der Waals surface area (Å²) in [5.41, 5.74) is 3.00. The Balaban J connectivity index is 1.62. The zero-order valence-corrected chi connectivity index (χ0v) is 15.0. The van der Waals surface area contributed by atoms with Crippen LogP contribution in [0.25, 0.3) is 0 Å². The van der Waals surface area contributed by atoms with Crippen LogP contribution in [-0.4, -0.2) is 23.3 Å². The van der Waals surface area contributed by atoms with Gasteiger partial charge in [0.15, 0.2) is 0 Å². The van der Waals surface area contributed by atoms with Gasteiger partial charge in [-0.25, -0.2) is 0 Å². The van der Waals surface area contributed by atoms with Crippen LogP contribution in [0.1, 0.15) is 17.5 Å². The molecular formula is C19H19BrN2O2. The highest BCUT2D eigenvalue weighted by Gasteiger charge is 2.34. The summed E-state index contributed by atoms with van der Waals surface area (Å²) in [5, 5.41) is 2.89. The van der Waals surface area contributed by atoms with Crippen LogP contribution in [0, 0.1) is 12.8 Å². The van der Waals surface area contributed by atoms with Crippen LogP contribution in [0.4, 0.5) is 5.69 Å². The third-order valence-corrected chi connectivity index (χ3v) is 4.63. The molecule has 0 aliphatic carbocycles. The minimum absolute atomic E-state index is 0.0332. The van der Waals surface area contributed by atoms with Gasteiger partial charge in [0.25, 0.3) is 0 Å². The molecule has 4 nitrogen and oxygen atoms in total. The van der Waals surface area contributed by atoms with Crippen LogP contribution in [0.2, 0.25) is 0 Å². The Kier molecular flexibility index (Phi) is 5.00. The Labute approximate surface area is 150 Å². The van der Waals surface area contributed by atoms with Crippen molar-refractivity contribution in [2.24, 2.45) is 5.92 Å². The first kappa shape index (κ1) is 16.7. The first-order valence-corrected chi connectivity index (χ1v) is 8.70. The number of nitrogens with one attached hydrogen (secondary N) is 1. The minimum atomic E-state index is -0.304. The van der Waals surface area contributed by atoms with E-state index < -0.39 is 0 Å². The van der Waals surface area contributed by atoms with E-state index in [4.69, 9.17) is 0 Å². The standard InChI is InChI=1S/C19H19BrN2O2/c1-13-4-2-5-14(8-13)11-22-12-15(9-18(22)23)19(24)21-17-7-3-6-16(20)10-17/h2-8,10,15H,9,11-12H2,1H3,(H,21,24). The Morgan fingerprint density at radius 3 is 2.79 bits per heavy atom. The molecule has 0 aromatic heterocycles. The molecule has 1 atom stereocenters. The van der Waals surface area contributed by atoms with Crippen LogP contribution in [0.15, 0.2) is 53.0 Å². The molecular weight excluding hydrogens is 368 g/mol. The van der Waals surface area contributed by atoms with Crippen molar-refractivity contribution in [1.82, 2.24) is 4.90 Å². The van der Waals surface area contributed by atoms with E-state index in [-0.39, 0.29) is 24.2 Å². The second-order valence-electron chi connectivity index (χ2n) is 6.16. The Bertz CT molecular complexity index is 775. The molecule has 1 aliphatic rings. The van der Waals surface area contributed by atoms with Gasteiger partial charge in [0.05, 0.1) is 5.92 Å². The zero-order valence-electron chi connectivity index (χ0n) is 13.5. The van der Waals surface area contributed by atoms with Gasteiger partial charge in [-0.15, -0.1) is 0 Å². The maximum atomic E-state index is 12.4. The molecule has 24 heavy (non-hydrogen) atoms. The second-order valence-corrected chi connectivity index (χ2v) is 7.08. The summed E-state index contributed by atoms with van der Waals surface area (Å²) in [4.78, 5) is 26.4. The van der Waals surface area contributed by atoms with Crippen molar-refractivity contribution in [3.63, 3.8) is 0 Å². The molecule has 1 heterocycles. The molecule has 2 aromatic carbocycles. The van der Waals surface area contributed by atoms with E-state index >= 15 is 0 Å². The molecule has 1 N–H and O–H groups in total. The van der Waals surface area contributed by atoms with Crippen LogP contribution in [0.3, 0.4) is 0 Å². The number of carbonyl (C=O) groups excluding carboxylic acids is 2. The largest absolute Gasteiger partial charge is 0.338 e. The summed E-state index contributed by atoms with van der Waals surface area (Å²) >= 11 is 3.38. The highest BCUT2D eigenvalue weighted by molar-refractivity contribution is 9.10. The normalized spacial score (nSPS) is 17.2. The molecule has 1 saturated heterocycles. The number of halogens is 1. The van der Waals surface area contributed by atoms with Crippen molar-refractivity contribution in [3.8, 4) is 0 Å². The quantitative estimate of drug-likeness (QED) is 0.869. The SMILES string of the molecule is Cc1cccc(CN2CC(C(=O)Nc3cccc(Br)c3)CC2=O)c1. The van der Waals surface area contributed by atoms with Crippen molar-refractivity contribution >= 4 is 33.4 Å². The number of nitrogens with zero attached hydrogens (tertiary/aromatic N) is 1.